The van der Waals surface area contributed by atoms with Gasteiger partial charge in [0.2, 0.25) is 5.78 Å². The van der Waals surface area contributed by atoms with Crippen LogP contribution in [0.2, 0.25) is 0 Å². The summed E-state index contributed by atoms with van der Waals surface area (Å²) >= 11 is 0. The second-order valence-electron chi connectivity index (χ2n) is 3.47. The van der Waals surface area contributed by atoms with E-state index in [1.54, 1.807) is 17.6 Å². The van der Waals surface area contributed by atoms with Crippen LogP contribution in [0, 0.1) is 6.92 Å². The highest BCUT2D eigenvalue weighted by molar-refractivity contribution is 7.92. The van der Waals surface area contributed by atoms with Crippen molar-refractivity contribution in [3.63, 3.8) is 0 Å². The smallest absolute Gasteiger partial charge is 0.288 e. The predicted octanol–water partition coefficient (Wildman–Crippen LogP) is -0.672. The van der Waals surface area contributed by atoms with Crippen LogP contribution in [-0.2, 0) is 19.4 Å². The average Bonchev–Trinajstić information content (AvgIpc) is 2.27. The molecule has 3 N–H and O–H groups in total. The first-order valence-electron chi connectivity index (χ1n) is 4.70. The van der Waals surface area contributed by atoms with E-state index in [-0.39, 0.29) is 4.90 Å². The van der Waals surface area contributed by atoms with Crippen LogP contribution in [-0.4, -0.2) is 25.9 Å². The fraction of sp³-hybridized carbons (Fsp3) is 0.200. The van der Waals surface area contributed by atoms with Gasteiger partial charge < -0.3 is 0 Å². The molecule has 7 heteroatoms. The molecule has 0 heterocycles. The molecule has 6 nitrogen and oxygen atoms in total. The number of carbonyl (C=O) groups is 2. The van der Waals surface area contributed by atoms with Gasteiger partial charge in [0.1, 0.15) is 5.75 Å². The Kier molecular flexibility index (Phi) is 3.97. The van der Waals surface area contributed by atoms with Gasteiger partial charge in [0.15, 0.2) is 9.84 Å². The Labute approximate surface area is 98.7 Å². The summed E-state index contributed by atoms with van der Waals surface area (Å²) in [7, 11) is -3.80. The van der Waals surface area contributed by atoms with Crippen LogP contribution in [0.25, 0.3) is 0 Å². The summed E-state index contributed by atoms with van der Waals surface area (Å²) in [5.74, 6) is 1.63. The number of sulfone groups is 1. The summed E-state index contributed by atoms with van der Waals surface area (Å²) in [4.78, 5) is 22.0. The van der Waals surface area contributed by atoms with Crippen molar-refractivity contribution in [2.24, 2.45) is 5.84 Å². The summed E-state index contributed by atoms with van der Waals surface area (Å²) in [6, 6.07) is 6.00. The lowest BCUT2D eigenvalue weighted by molar-refractivity contribution is -0.136. The Morgan fingerprint density at radius 2 is 1.76 bits per heavy atom. The Balaban J connectivity index is 2.93. The molecule has 0 atom stereocenters. The Morgan fingerprint density at radius 3 is 2.24 bits per heavy atom. The number of benzene rings is 1. The molecular formula is C10H12N2O4S. The van der Waals surface area contributed by atoms with Crippen molar-refractivity contribution in [2.75, 3.05) is 5.75 Å². The maximum Gasteiger partial charge on any atom is 0.302 e. The molecule has 0 aromatic heterocycles. The summed E-state index contributed by atoms with van der Waals surface area (Å²) < 4.78 is 23.5. The highest BCUT2D eigenvalue weighted by Gasteiger charge is 2.23. The molecule has 0 unspecified atom stereocenters. The van der Waals surface area contributed by atoms with Gasteiger partial charge in [-0.1, -0.05) is 17.7 Å². The zero-order chi connectivity index (χ0) is 13.1. The van der Waals surface area contributed by atoms with Gasteiger partial charge in [-0.15, -0.1) is 0 Å². The third-order valence-electron chi connectivity index (χ3n) is 2.09. The van der Waals surface area contributed by atoms with E-state index in [1.165, 1.54) is 12.1 Å². The van der Waals surface area contributed by atoms with Crippen molar-refractivity contribution in [3.8, 4) is 0 Å². The number of Topliss-reactive ketones (excluding diaryl/α,β-unsaturated/α-hetero) is 1. The van der Waals surface area contributed by atoms with E-state index in [2.05, 4.69) is 0 Å². The van der Waals surface area contributed by atoms with Crippen molar-refractivity contribution >= 4 is 21.5 Å². The maximum atomic E-state index is 11.7. The van der Waals surface area contributed by atoms with E-state index in [0.717, 1.165) is 5.56 Å². The monoisotopic (exact) mass is 256 g/mol. The Hall–Kier alpha value is -1.73. The maximum absolute atomic E-state index is 11.7. The minimum Gasteiger partial charge on any atom is -0.288 e. The molecule has 0 bridgehead atoms. The van der Waals surface area contributed by atoms with E-state index >= 15 is 0 Å². The van der Waals surface area contributed by atoms with Crippen molar-refractivity contribution in [3.05, 3.63) is 29.8 Å². The molecule has 0 aliphatic carbocycles. The minimum atomic E-state index is -3.80. The van der Waals surface area contributed by atoms with Crippen molar-refractivity contribution in [1.82, 2.24) is 5.43 Å². The second-order valence-corrected chi connectivity index (χ2v) is 5.46. The molecule has 0 saturated heterocycles. The molecule has 0 spiro atoms. The molecule has 92 valence electrons. The third kappa shape index (κ3) is 3.36. The lowest BCUT2D eigenvalue weighted by Crippen LogP contribution is -2.39. The molecule has 0 aliphatic rings. The molecule has 1 amide bonds. The molecule has 0 aliphatic heterocycles. The second kappa shape index (κ2) is 5.07. The van der Waals surface area contributed by atoms with E-state index < -0.39 is 27.3 Å². The van der Waals surface area contributed by atoms with Gasteiger partial charge >= 0.3 is 5.91 Å². The molecule has 1 aromatic rings. The Morgan fingerprint density at radius 1 is 1.24 bits per heavy atom. The number of hydrogen-bond acceptors (Lipinski definition) is 5. The first kappa shape index (κ1) is 13.3. The van der Waals surface area contributed by atoms with Gasteiger partial charge in [-0.2, -0.15) is 0 Å². The van der Waals surface area contributed by atoms with Gasteiger partial charge in [0.05, 0.1) is 4.90 Å². The number of aryl methyl sites for hydroxylation is 1. The predicted molar refractivity (Wildman–Crippen MR) is 60.6 cm³/mol. The first-order chi connectivity index (χ1) is 7.86. The van der Waals surface area contributed by atoms with Gasteiger partial charge in [-0.05, 0) is 19.1 Å². The number of hydrazine groups is 1. The number of amides is 1. The molecule has 1 rings (SSSR count). The van der Waals surface area contributed by atoms with Crippen LogP contribution in [0.4, 0.5) is 0 Å². The fourth-order valence-electron chi connectivity index (χ4n) is 1.15. The summed E-state index contributed by atoms with van der Waals surface area (Å²) in [5, 5.41) is 0. The fourth-order valence-corrected chi connectivity index (χ4v) is 2.34. The molecule has 0 radical (unpaired) electrons. The summed E-state index contributed by atoms with van der Waals surface area (Å²) in [6.45, 7) is 1.81. The lowest BCUT2D eigenvalue weighted by Gasteiger charge is -2.03. The van der Waals surface area contributed by atoms with Gasteiger partial charge in [0, 0.05) is 0 Å². The Bertz CT molecular complexity index is 534. The van der Waals surface area contributed by atoms with E-state index in [1.807, 2.05) is 6.92 Å². The lowest BCUT2D eigenvalue weighted by atomic mass is 10.2. The number of nitrogens with one attached hydrogen (secondary N) is 1. The van der Waals surface area contributed by atoms with Crippen LogP contribution in [0.1, 0.15) is 5.56 Å². The number of ketones is 1. The number of rotatable bonds is 4. The standard InChI is InChI=1S/C10H12N2O4S/c1-7-2-4-8(5-3-7)17(15,16)6-9(13)10(14)12-11/h2-5H,6,11H2,1H3,(H,12,14). The number of carbonyl (C=O) groups excluding carboxylic acids is 2. The third-order valence-corrected chi connectivity index (χ3v) is 3.72. The molecular weight excluding hydrogens is 244 g/mol. The van der Waals surface area contributed by atoms with E-state index in [0.29, 0.717) is 0 Å². The average molecular weight is 256 g/mol. The van der Waals surface area contributed by atoms with Crippen LogP contribution < -0.4 is 11.3 Å². The van der Waals surface area contributed by atoms with Crippen LogP contribution in [0.5, 0.6) is 0 Å². The minimum absolute atomic E-state index is 0.00118. The van der Waals surface area contributed by atoms with E-state index in [9.17, 15) is 18.0 Å². The first-order valence-corrected chi connectivity index (χ1v) is 6.35. The highest BCUT2D eigenvalue weighted by atomic mass is 32.2. The normalized spacial score (nSPS) is 10.9. The summed E-state index contributed by atoms with van der Waals surface area (Å²) in [6.07, 6.45) is 0. The molecule has 0 fully saturated rings. The van der Waals surface area contributed by atoms with Gasteiger partial charge in [-0.3, -0.25) is 15.0 Å². The van der Waals surface area contributed by atoms with Crippen LogP contribution >= 0.6 is 0 Å². The van der Waals surface area contributed by atoms with Crippen LogP contribution in [0.3, 0.4) is 0 Å². The van der Waals surface area contributed by atoms with E-state index in [4.69, 9.17) is 5.84 Å². The van der Waals surface area contributed by atoms with Crippen molar-refractivity contribution in [2.45, 2.75) is 11.8 Å². The summed E-state index contributed by atoms with van der Waals surface area (Å²) in [5.41, 5.74) is 2.49. The quantitative estimate of drug-likeness (QED) is 0.321. The molecule has 1 aromatic carbocycles. The number of nitrogens with two attached hydrogens (primary N) is 1. The van der Waals surface area contributed by atoms with Crippen LogP contribution in [0.15, 0.2) is 29.2 Å². The van der Waals surface area contributed by atoms with Gasteiger partial charge in [0.25, 0.3) is 0 Å². The SMILES string of the molecule is Cc1ccc(S(=O)(=O)CC(=O)C(=O)NN)cc1. The zero-order valence-corrected chi connectivity index (χ0v) is 9.95. The van der Waals surface area contributed by atoms with Crippen molar-refractivity contribution < 1.29 is 18.0 Å². The van der Waals surface area contributed by atoms with Gasteiger partial charge in [-0.25, -0.2) is 14.3 Å². The topological polar surface area (TPSA) is 106 Å². The van der Waals surface area contributed by atoms with Crippen molar-refractivity contribution in [1.29, 1.82) is 0 Å². The molecule has 17 heavy (non-hydrogen) atoms. The largest absolute Gasteiger partial charge is 0.302 e. The zero-order valence-electron chi connectivity index (χ0n) is 9.14. The highest BCUT2D eigenvalue weighted by Crippen LogP contribution is 2.12. The molecule has 0 saturated carbocycles. The number of hydrogen-bond donors (Lipinski definition) is 2.